The van der Waals surface area contributed by atoms with Crippen LogP contribution in [0.1, 0.15) is 42.4 Å². The van der Waals surface area contributed by atoms with E-state index in [0.717, 1.165) is 0 Å². The first-order chi connectivity index (χ1) is 18.0. The van der Waals surface area contributed by atoms with Gasteiger partial charge in [-0.2, -0.15) is 13.2 Å². The number of fused-ring (bicyclic) bond motifs is 3. The summed E-state index contributed by atoms with van der Waals surface area (Å²) in [5.74, 6) is -8.03. The molecular weight excluding hydrogens is 523 g/mol. The zero-order valence-electron chi connectivity index (χ0n) is 21.5. The van der Waals surface area contributed by atoms with Crippen LogP contribution in [0.2, 0.25) is 0 Å². The number of Topliss-reactive ketones (excluding diaryl/α,β-unsaturated/α-hetero) is 2. The second-order valence-electron chi connectivity index (χ2n) is 10.5. The average Bonchev–Trinajstić information content (AvgIpc) is 2.82. The fourth-order valence-electron chi connectivity index (χ4n) is 6.18. The Kier molecular flexibility index (Phi) is 7.07. The van der Waals surface area contributed by atoms with Crippen LogP contribution in [0.15, 0.2) is 29.0 Å². The lowest BCUT2D eigenvalue weighted by Gasteiger charge is -2.51. The molecule has 0 spiro atoms. The number of hydrogen-bond acceptors (Lipinski definition) is 9. The summed E-state index contributed by atoms with van der Waals surface area (Å²) < 4.78 is 37.4. The lowest BCUT2D eigenvalue weighted by atomic mass is 9.55. The highest BCUT2D eigenvalue weighted by Gasteiger charge is 2.64. The zero-order chi connectivity index (χ0) is 29.2. The number of primary amides is 1. The van der Waals surface area contributed by atoms with Crippen LogP contribution in [-0.2, 0) is 20.9 Å². The standard InChI is InChI=1S/C26H30F3N3O7/c1-10-12-5-4-11(9-31-7-6-25(27,28)29)19(33)15(12)20(34)16-13(10)8-14-18(32(2)3)21(35)17(24(30)38)23(37)26(14,39)22(16)36/h4-5,10,13-14,18,31,33-34,37,39H,6-9H2,1-3H3,(H2,30,38)/t10?,13-,14+,18+,26+/m1/s1. The summed E-state index contributed by atoms with van der Waals surface area (Å²) in [6.45, 7) is 1.17. The van der Waals surface area contributed by atoms with Crippen LogP contribution < -0.4 is 11.1 Å². The molecule has 13 heteroatoms. The van der Waals surface area contributed by atoms with Crippen molar-refractivity contribution in [2.45, 2.75) is 50.0 Å². The molecule has 7 N–H and O–H groups in total. The van der Waals surface area contributed by atoms with E-state index < -0.39 is 88.9 Å². The number of carbonyl (C=O) groups is 3. The van der Waals surface area contributed by atoms with Crippen molar-refractivity contribution in [3.63, 3.8) is 0 Å². The average molecular weight is 554 g/mol. The maximum absolute atomic E-state index is 13.9. The molecule has 0 radical (unpaired) electrons. The molecule has 3 aliphatic rings. The van der Waals surface area contributed by atoms with E-state index in [4.69, 9.17) is 5.73 Å². The Bertz CT molecular complexity index is 1320. The van der Waals surface area contributed by atoms with E-state index in [1.807, 2.05) is 0 Å². The van der Waals surface area contributed by atoms with Gasteiger partial charge in [-0.1, -0.05) is 19.1 Å². The molecule has 1 unspecified atom stereocenters. The van der Waals surface area contributed by atoms with Crippen LogP contribution in [0.4, 0.5) is 13.2 Å². The summed E-state index contributed by atoms with van der Waals surface area (Å²) in [4.78, 5) is 40.5. The summed E-state index contributed by atoms with van der Waals surface area (Å²) in [7, 11) is 3.03. The second kappa shape index (κ2) is 9.65. The molecule has 212 valence electrons. The number of rotatable bonds is 6. The van der Waals surface area contributed by atoms with Crippen LogP contribution in [0.5, 0.6) is 5.75 Å². The Morgan fingerprint density at radius 1 is 1.21 bits per heavy atom. The van der Waals surface area contributed by atoms with Gasteiger partial charge in [-0.3, -0.25) is 19.3 Å². The molecule has 0 heterocycles. The Balaban J connectivity index is 1.82. The van der Waals surface area contributed by atoms with Crippen molar-refractivity contribution in [3.8, 4) is 5.75 Å². The predicted octanol–water partition coefficient (Wildman–Crippen LogP) is 1.57. The number of amides is 1. The number of phenolic OH excluding ortho intramolecular Hbond substituents is 1. The quantitative estimate of drug-likeness (QED) is 0.226. The van der Waals surface area contributed by atoms with Crippen molar-refractivity contribution in [1.82, 2.24) is 10.2 Å². The van der Waals surface area contributed by atoms with Crippen LogP contribution in [0, 0.1) is 11.8 Å². The van der Waals surface area contributed by atoms with Crippen LogP contribution in [0.25, 0.3) is 5.76 Å². The number of likely N-dealkylation sites (N-methyl/N-ethyl adjacent to an activating group) is 1. The highest BCUT2D eigenvalue weighted by atomic mass is 19.4. The minimum Gasteiger partial charge on any atom is -0.508 e. The van der Waals surface area contributed by atoms with E-state index >= 15 is 0 Å². The van der Waals surface area contributed by atoms with Gasteiger partial charge in [0.15, 0.2) is 11.4 Å². The molecule has 1 saturated carbocycles. The number of nitrogens with two attached hydrogens (primary N) is 1. The predicted molar refractivity (Wildman–Crippen MR) is 131 cm³/mol. The molecular formula is C26H30F3N3O7. The molecule has 4 rings (SSSR count). The number of ketones is 2. The lowest BCUT2D eigenvalue weighted by Crippen LogP contribution is -2.65. The molecule has 1 amide bonds. The molecule has 0 aromatic heterocycles. The van der Waals surface area contributed by atoms with E-state index in [9.17, 15) is 48.0 Å². The molecule has 1 fully saturated rings. The zero-order valence-corrected chi connectivity index (χ0v) is 21.5. The van der Waals surface area contributed by atoms with Crippen molar-refractivity contribution in [2.75, 3.05) is 20.6 Å². The number of nitrogens with one attached hydrogen (secondary N) is 1. The molecule has 0 saturated heterocycles. The van der Waals surface area contributed by atoms with Crippen molar-refractivity contribution in [2.24, 2.45) is 17.6 Å². The third-order valence-corrected chi connectivity index (χ3v) is 8.08. The van der Waals surface area contributed by atoms with Gasteiger partial charge in [0, 0.05) is 30.1 Å². The number of carbonyl (C=O) groups excluding carboxylic acids is 3. The highest BCUT2D eigenvalue weighted by molar-refractivity contribution is 6.24. The van der Waals surface area contributed by atoms with Crippen molar-refractivity contribution >= 4 is 23.2 Å². The Morgan fingerprint density at radius 2 is 1.85 bits per heavy atom. The number of halogens is 3. The van der Waals surface area contributed by atoms with E-state index in [1.165, 1.54) is 25.1 Å². The first kappa shape index (κ1) is 28.6. The topological polar surface area (TPSA) is 173 Å². The van der Waals surface area contributed by atoms with Gasteiger partial charge >= 0.3 is 6.18 Å². The van der Waals surface area contributed by atoms with E-state index in [-0.39, 0.29) is 29.7 Å². The lowest BCUT2D eigenvalue weighted by molar-refractivity contribution is -0.154. The van der Waals surface area contributed by atoms with E-state index in [1.54, 1.807) is 13.0 Å². The van der Waals surface area contributed by atoms with Crippen molar-refractivity contribution < 1.29 is 48.0 Å². The first-order valence-electron chi connectivity index (χ1n) is 12.3. The molecule has 1 aromatic rings. The summed E-state index contributed by atoms with van der Waals surface area (Å²) in [6.07, 6.45) is -5.49. The smallest absolute Gasteiger partial charge is 0.390 e. The Hall–Kier alpha value is -3.42. The summed E-state index contributed by atoms with van der Waals surface area (Å²) in [5.41, 5.74) is 1.86. The number of hydrogen-bond donors (Lipinski definition) is 6. The van der Waals surface area contributed by atoms with Gasteiger partial charge in [0.25, 0.3) is 5.91 Å². The van der Waals surface area contributed by atoms with Gasteiger partial charge in [-0.15, -0.1) is 0 Å². The number of aliphatic hydroxyl groups excluding tert-OH is 2. The van der Waals surface area contributed by atoms with Gasteiger partial charge in [-0.05, 0) is 37.9 Å². The fraction of sp³-hybridized carbons (Fsp3) is 0.500. The van der Waals surface area contributed by atoms with Crippen molar-refractivity contribution in [1.29, 1.82) is 0 Å². The monoisotopic (exact) mass is 553 g/mol. The third kappa shape index (κ3) is 4.38. The first-order valence-corrected chi connectivity index (χ1v) is 12.3. The molecule has 0 aliphatic heterocycles. The summed E-state index contributed by atoms with van der Waals surface area (Å²) in [6, 6.07) is 1.91. The van der Waals surface area contributed by atoms with E-state index in [0.29, 0.717) is 5.56 Å². The number of benzene rings is 1. The largest absolute Gasteiger partial charge is 0.508 e. The normalized spacial score (nSPS) is 28.9. The molecule has 10 nitrogen and oxygen atoms in total. The highest BCUT2D eigenvalue weighted by Crippen LogP contribution is 2.56. The van der Waals surface area contributed by atoms with E-state index in [2.05, 4.69) is 5.32 Å². The van der Waals surface area contributed by atoms with Crippen molar-refractivity contribution in [3.05, 3.63) is 45.7 Å². The molecule has 3 aliphatic carbocycles. The number of nitrogens with zero attached hydrogens (tertiary/aromatic N) is 1. The van der Waals surface area contributed by atoms with Gasteiger partial charge in [0.05, 0.1) is 18.0 Å². The van der Waals surface area contributed by atoms with Gasteiger partial charge in [0.1, 0.15) is 22.8 Å². The number of aliphatic hydroxyl groups is 3. The number of phenols is 1. The molecule has 0 bridgehead atoms. The molecule has 5 atom stereocenters. The summed E-state index contributed by atoms with van der Waals surface area (Å²) >= 11 is 0. The Labute approximate surface area is 221 Å². The summed E-state index contributed by atoms with van der Waals surface area (Å²) in [5, 5.41) is 47.3. The van der Waals surface area contributed by atoms with Crippen LogP contribution in [0.3, 0.4) is 0 Å². The number of alkyl halides is 3. The maximum atomic E-state index is 13.9. The van der Waals surface area contributed by atoms with Crippen LogP contribution in [-0.4, -0.2) is 81.3 Å². The van der Waals surface area contributed by atoms with Gasteiger partial charge in [0.2, 0.25) is 5.78 Å². The Morgan fingerprint density at radius 3 is 2.41 bits per heavy atom. The SMILES string of the molecule is CC1c2ccc(CNCCC(F)(F)F)c(O)c2C(O)=C2C(=O)[C@]3(O)C(O)=C(C(N)=O)C(=O)[C@@H](N(C)C)[C@@H]3C[C@@H]21. The maximum Gasteiger partial charge on any atom is 0.390 e. The fourth-order valence-corrected chi connectivity index (χ4v) is 6.18. The second-order valence-corrected chi connectivity index (χ2v) is 10.5. The minimum absolute atomic E-state index is 0.0472. The number of aromatic hydroxyl groups is 1. The van der Waals surface area contributed by atoms with Crippen LogP contribution >= 0.6 is 0 Å². The van der Waals surface area contributed by atoms with Gasteiger partial charge < -0.3 is 31.5 Å². The minimum atomic E-state index is -4.36. The third-order valence-electron chi connectivity index (χ3n) is 8.08. The molecule has 39 heavy (non-hydrogen) atoms. The van der Waals surface area contributed by atoms with Gasteiger partial charge in [-0.25, -0.2) is 0 Å². The molecule has 1 aromatic carbocycles.